The van der Waals surface area contributed by atoms with Gasteiger partial charge in [-0.2, -0.15) is 0 Å². The van der Waals surface area contributed by atoms with Crippen molar-refractivity contribution in [1.82, 2.24) is 9.80 Å². The number of hydrogen-bond acceptors (Lipinski definition) is 2. The van der Waals surface area contributed by atoms with Crippen LogP contribution < -0.4 is 0 Å². The Morgan fingerprint density at radius 3 is 0.700 bits per heavy atom. The molecular formula is C48H96N2. The summed E-state index contributed by atoms with van der Waals surface area (Å²) in [6.07, 6.45) is 63.4. The van der Waals surface area contributed by atoms with E-state index in [9.17, 15) is 0 Å². The normalized spacial score (nSPS) is 14.5. The van der Waals surface area contributed by atoms with Gasteiger partial charge in [0.2, 0.25) is 0 Å². The molecule has 1 rings (SSSR count). The van der Waals surface area contributed by atoms with Gasteiger partial charge in [0, 0.05) is 25.5 Å². The van der Waals surface area contributed by atoms with Crippen LogP contribution in [0.25, 0.3) is 0 Å². The number of nitrogens with zero attached hydrogens (tertiary/aromatic N) is 2. The highest BCUT2D eigenvalue weighted by Gasteiger charge is 2.24. The molecule has 1 heterocycles. The van der Waals surface area contributed by atoms with E-state index in [-0.39, 0.29) is 0 Å². The monoisotopic (exact) mass is 701 g/mol. The second-order valence-electron chi connectivity index (χ2n) is 16.8. The summed E-state index contributed by atoms with van der Waals surface area (Å²) in [4.78, 5) is 5.47. The Kier molecular flexibility index (Phi) is 37.5. The number of hydrogen-bond donors (Lipinski definition) is 0. The summed E-state index contributed by atoms with van der Waals surface area (Å²) in [7, 11) is 0. The van der Waals surface area contributed by atoms with Crippen molar-refractivity contribution < 1.29 is 0 Å². The van der Waals surface area contributed by atoms with Crippen molar-refractivity contribution in [1.29, 1.82) is 0 Å². The fourth-order valence-electron chi connectivity index (χ4n) is 8.31. The zero-order valence-corrected chi connectivity index (χ0v) is 35.3. The van der Waals surface area contributed by atoms with Gasteiger partial charge in [-0.15, -0.1) is 0 Å². The third-order valence-corrected chi connectivity index (χ3v) is 11.8. The van der Waals surface area contributed by atoms with E-state index in [1.807, 2.05) is 0 Å². The lowest BCUT2D eigenvalue weighted by Gasteiger charge is -2.33. The van der Waals surface area contributed by atoms with Crippen LogP contribution in [0.5, 0.6) is 0 Å². The van der Waals surface area contributed by atoms with Crippen molar-refractivity contribution in [2.75, 3.05) is 13.1 Å². The van der Waals surface area contributed by atoms with Crippen molar-refractivity contribution in [3.63, 3.8) is 0 Å². The summed E-state index contributed by atoms with van der Waals surface area (Å²) < 4.78 is 0. The second-order valence-corrected chi connectivity index (χ2v) is 16.8. The Balaban J connectivity index is 2.18. The van der Waals surface area contributed by atoms with Crippen LogP contribution in [0, 0.1) is 0 Å². The highest BCUT2D eigenvalue weighted by Crippen LogP contribution is 2.24. The summed E-state index contributed by atoms with van der Waals surface area (Å²) in [5, 5.41) is 0. The zero-order valence-electron chi connectivity index (χ0n) is 35.3. The molecule has 0 amide bonds. The van der Waals surface area contributed by atoms with E-state index in [2.05, 4.69) is 43.0 Å². The molecule has 0 saturated heterocycles. The largest absolute Gasteiger partial charge is 0.356 e. The quantitative estimate of drug-likeness (QED) is 0.0585. The molecule has 1 aliphatic heterocycles. The van der Waals surface area contributed by atoms with Crippen LogP contribution in [-0.4, -0.2) is 29.1 Å². The Labute approximate surface area is 318 Å². The van der Waals surface area contributed by atoms with Crippen molar-refractivity contribution in [2.24, 2.45) is 0 Å². The summed E-state index contributed by atoms with van der Waals surface area (Å²) >= 11 is 0. The molecule has 0 aromatic rings. The Hall–Kier alpha value is -0.660. The molecule has 2 heteroatoms. The molecule has 0 N–H and O–H groups in total. The molecule has 0 aromatic carbocycles. The molecule has 0 saturated carbocycles. The molecule has 0 radical (unpaired) electrons. The highest BCUT2D eigenvalue weighted by atomic mass is 15.4. The molecule has 0 aromatic heterocycles. The lowest BCUT2D eigenvalue weighted by molar-refractivity contribution is 0.135. The van der Waals surface area contributed by atoms with Crippen LogP contribution in [0.15, 0.2) is 12.4 Å². The fourth-order valence-corrected chi connectivity index (χ4v) is 8.31. The van der Waals surface area contributed by atoms with Gasteiger partial charge >= 0.3 is 0 Å². The Morgan fingerprint density at radius 1 is 0.260 bits per heavy atom. The van der Waals surface area contributed by atoms with Gasteiger partial charge in [0.15, 0.2) is 0 Å². The summed E-state index contributed by atoms with van der Waals surface area (Å²) in [5.41, 5.74) is 0. The van der Waals surface area contributed by atoms with Crippen molar-refractivity contribution >= 4 is 0 Å². The Bertz CT molecular complexity index is 659. The van der Waals surface area contributed by atoms with E-state index in [4.69, 9.17) is 0 Å². The van der Waals surface area contributed by atoms with Gasteiger partial charge in [0.05, 0.1) is 0 Å². The van der Waals surface area contributed by atoms with E-state index in [1.165, 1.54) is 270 Å². The van der Waals surface area contributed by atoms with Crippen LogP contribution in [0.3, 0.4) is 0 Å². The first-order chi connectivity index (χ1) is 24.8. The molecule has 0 bridgehead atoms. The molecule has 0 spiro atoms. The Morgan fingerprint density at radius 2 is 0.460 bits per heavy atom. The number of unbranched alkanes of at least 4 members (excludes halogenated alkanes) is 36. The average Bonchev–Trinajstić information content (AvgIpc) is 3.51. The molecular weight excluding hydrogens is 605 g/mol. The zero-order chi connectivity index (χ0) is 35.8. The molecule has 1 atom stereocenters. The maximum absolute atomic E-state index is 2.74. The molecule has 298 valence electrons. The molecule has 0 aliphatic carbocycles. The third kappa shape index (κ3) is 30.9. The van der Waals surface area contributed by atoms with Crippen molar-refractivity contribution in [3.05, 3.63) is 12.4 Å². The summed E-state index contributed by atoms with van der Waals surface area (Å²) in [6.45, 7) is 9.49. The summed E-state index contributed by atoms with van der Waals surface area (Å²) in [6, 6.07) is 0. The van der Waals surface area contributed by atoms with Gasteiger partial charge in [-0.05, 0) is 25.7 Å². The molecule has 2 nitrogen and oxygen atoms in total. The fraction of sp³-hybridized carbons (Fsp3) is 0.958. The van der Waals surface area contributed by atoms with Crippen LogP contribution in [0.4, 0.5) is 0 Å². The first-order valence-corrected chi connectivity index (χ1v) is 24.0. The lowest BCUT2D eigenvalue weighted by Crippen LogP contribution is -2.39. The van der Waals surface area contributed by atoms with Gasteiger partial charge in [0.25, 0.3) is 0 Å². The van der Waals surface area contributed by atoms with Crippen LogP contribution in [0.2, 0.25) is 0 Å². The van der Waals surface area contributed by atoms with Crippen molar-refractivity contribution in [3.8, 4) is 0 Å². The van der Waals surface area contributed by atoms with Gasteiger partial charge in [-0.3, -0.25) is 0 Å². The van der Waals surface area contributed by atoms with Gasteiger partial charge in [0.1, 0.15) is 6.17 Å². The minimum atomic E-state index is 0.637. The van der Waals surface area contributed by atoms with Crippen LogP contribution in [-0.2, 0) is 0 Å². The van der Waals surface area contributed by atoms with Crippen LogP contribution in [0.1, 0.15) is 278 Å². The maximum Gasteiger partial charge on any atom is 0.101 e. The van der Waals surface area contributed by atoms with E-state index in [0.29, 0.717) is 6.17 Å². The average molecular weight is 701 g/mol. The van der Waals surface area contributed by atoms with Gasteiger partial charge < -0.3 is 9.80 Å². The van der Waals surface area contributed by atoms with Gasteiger partial charge in [-0.25, -0.2) is 0 Å². The maximum atomic E-state index is 2.74. The minimum absolute atomic E-state index is 0.637. The predicted octanol–water partition coefficient (Wildman–Crippen LogP) is 17.1. The number of rotatable bonds is 42. The molecule has 1 aliphatic rings. The lowest BCUT2D eigenvalue weighted by atomic mass is 10.0. The smallest absolute Gasteiger partial charge is 0.101 e. The highest BCUT2D eigenvalue weighted by molar-refractivity contribution is 4.97. The third-order valence-electron chi connectivity index (χ3n) is 11.8. The summed E-state index contributed by atoms with van der Waals surface area (Å²) in [5.74, 6) is 0. The topological polar surface area (TPSA) is 6.48 Å². The standard InChI is InChI=1S/C48H96N2/c1-4-7-10-13-16-19-22-24-25-26-28-30-33-36-39-42-45-50-47-46-49(48(50)43-40-37-34-31-21-18-15-12-9-6-3)44-41-38-35-32-29-27-23-20-17-14-11-8-5-2/h46-48H,4-45H2,1-3H3. The van der Waals surface area contributed by atoms with Crippen molar-refractivity contribution in [2.45, 2.75) is 284 Å². The van der Waals surface area contributed by atoms with E-state index in [1.54, 1.807) is 0 Å². The first-order valence-electron chi connectivity index (χ1n) is 24.0. The molecule has 0 fully saturated rings. The van der Waals surface area contributed by atoms with Gasteiger partial charge in [-0.1, -0.05) is 252 Å². The SMILES string of the molecule is CCCCCCCCCCCCCCCCCCN1C=CN(CCCCCCCCCCCCCCC)C1CCCCCCCCCCCC. The van der Waals surface area contributed by atoms with E-state index < -0.39 is 0 Å². The van der Waals surface area contributed by atoms with E-state index in [0.717, 1.165) is 0 Å². The molecule has 50 heavy (non-hydrogen) atoms. The predicted molar refractivity (Wildman–Crippen MR) is 228 cm³/mol. The molecule has 1 unspecified atom stereocenters. The minimum Gasteiger partial charge on any atom is -0.356 e. The van der Waals surface area contributed by atoms with Crippen LogP contribution >= 0.6 is 0 Å². The first kappa shape index (κ1) is 47.4. The van der Waals surface area contributed by atoms with E-state index >= 15 is 0 Å². The second kappa shape index (κ2) is 39.5.